The van der Waals surface area contributed by atoms with Crippen molar-refractivity contribution < 1.29 is 4.79 Å². The molecule has 0 spiro atoms. The van der Waals surface area contributed by atoms with Crippen LogP contribution < -0.4 is 5.32 Å². The molecule has 2 aromatic rings. The highest BCUT2D eigenvalue weighted by molar-refractivity contribution is 5.93. The average Bonchev–Trinajstić information content (AvgIpc) is 2.85. The van der Waals surface area contributed by atoms with Crippen molar-refractivity contribution in [3.05, 3.63) is 53.1 Å². The number of likely N-dealkylation sites (N-methyl/N-ethyl adjacent to an activating group) is 1. The minimum absolute atomic E-state index is 0.132. The summed E-state index contributed by atoms with van der Waals surface area (Å²) in [6.07, 6.45) is 1.54. The van der Waals surface area contributed by atoms with Crippen molar-refractivity contribution in [3.63, 3.8) is 0 Å². The first kappa shape index (κ1) is 15.3. The number of imidazole rings is 1. The number of rotatable bonds is 5. The van der Waals surface area contributed by atoms with Gasteiger partial charge < -0.3 is 15.2 Å². The van der Waals surface area contributed by atoms with Gasteiger partial charge in [0.05, 0.1) is 12.4 Å². The van der Waals surface area contributed by atoms with Crippen LogP contribution in [0.4, 0.5) is 0 Å². The summed E-state index contributed by atoms with van der Waals surface area (Å²) in [4.78, 5) is 21.2. The summed E-state index contributed by atoms with van der Waals surface area (Å²) in [6, 6.07) is 8.48. The SMILES string of the molecule is Cc1cccc([C@H](CNC(=O)c2nc[nH]c2C)N(C)C)c1. The summed E-state index contributed by atoms with van der Waals surface area (Å²) < 4.78 is 0. The predicted octanol–water partition coefficient (Wildman–Crippen LogP) is 2.06. The van der Waals surface area contributed by atoms with E-state index in [-0.39, 0.29) is 11.9 Å². The zero-order valence-corrected chi connectivity index (χ0v) is 13.0. The molecule has 1 amide bonds. The van der Waals surface area contributed by atoms with Crippen LogP contribution in [0.2, 0.25) is 0 Å². The highest BCUT2D eigenvalue weighted by atomic mass is 16.1. The van der Waals surface area contributed by atoms with E-state index in [0.29, 0.717) is 12.2 Å². The molecule has 1 heterocycles. The molecule has 0 aliphatic heterocycles. The van der Waals surface area contributed by atoms with Gasteiger partial charge >= 0.3 is 0 Å². The molecule has 0 fully saturated rings. The van der Waals surface area contributed by atoms with Gasteiger partial charge in [0, 0.05) is 12.2 Å². The first-order chi connectivity index (χ1) is 9.99. The van der Waals surface area contributed by atoms with E-state index in [2.05, 4.69) is 45.3 Å². The van der Waals surface area contributed by atoms with Crippen LogP contribution in [-0.2, 0) is 0 Å². The van der Waals surface area contributed by atoms with E-state index in [1.54, 1.807) is 0 Å². The molecule has 2 rings (SSSR count). The lowest BCUT2D eigenvalue weighted by atomic mass is 10.0. The quantitative estimate of drug-likeness (QED) is 0.884. The third kappa shape index (κ3) is 3.70. The third-order valence-corrected chi connectivity index (χ3v) is 3.55. The molecule has 0 bridgehead atoms. The van der Waals surface area contributed by atoms with Crippen LogP contribution >= 0.6 is 0 Å². The van der Waals surface area contributed by atoms with Gasteiger partial charge in [0.1, 0.15) is 5.69 Å². The lowest BCUT2D eigenvalue weighted by Gasteiger charge is -2.25. The molecular weight excluding hydrogens is 264 g/mol. The van der Waals surface area contributed by atoms with Crippen LogP contribution in [-0.4, -0.2) is 41.4 Å². The van der Waals surface area contributed by atoms with E-state index in [1.165, 1.54) is 17.5 Å². The number of carbonyl (C=O) groups excluding carboxylic acids is 1. The Hall–Kier alpha value is -2.14. The number of carbonyl (C=O) groups is 1. The molecule has 21 heavy (non-hydrogen) atoms. The van der Waals surface area contributed by atoms with Crippen molar-refractivity contribution >= 4 is 5.91 Å². The zero-order chi connectivity index (χ0) is 15.4. The second-order valence-electron chi connectivity index (χ2n) is 5.48. The topological polar surface area (TPSA) is 61.0 Å². The molecule has 5 heteroatoms. The first-order valence-electron chi connectivity index (χ1n) is 7.00. The number of nitrogens with one attached hydrogen (secondary N) is 2. The molecule has 5 nitrogen and oxygen atoms in total. The highest BCUT2D eigenvalue weighted by Crippen LogP contribution is 2.18. The third-order valence-electron chi connectivity index (χ3n) is 3.55. The van der Waals surface area contributed by atoms with Gasteiger partial charge in [0.25, 0.3) is 5.91 Å². The van der Waals surface area contributed by atoms with Crippen molar-refractivity contribution in [1.82, 2.24) is 20.2 Å². The number of benzene rings is 1. The Bertz CT molecular complexity index is 618. The van der Waals surface area contributed by atoms with Crippen molar-refractivity contribution in [2.75, 3.05) is 20.6 Å². The second kappa shape index (κ2) is 6.54. The van der Waals surface area contributed by atoms with E-state index in [0.717, 1.165) is 5.69 Å². The Kier molecular flexibility index (Phi) is 4.75. The number of hydrogen-bond acceptors (Lipinski definition) is 3. The van der Waals surface area contributed by atoms with Crippen molar-refractivity contribution in [1.29, 1.82) is 0 Å². The molecule has 0 aliphatic rings. The summed E-state index contributed by atoms with van der Waals surface area (Å²) in [5.41, 5.74) is 3.65. The fraction of sp³-hybridized carbons (Fsp3) is 0.375. The van der Waals surface area contributed by atoms with Crippen LogP contribution in [0.1, 0.15) is 33.4 Å². The monoisotopic (exact) mass is 286 g/mol. The standard InChI is InChI=1S/C16H22N4O/c1-11-6-5-7-13(8-11)14(20(3)4)9-17-16(21)15-12(2)18-10-19-15/h5-8,10,14H,9H2,1-4H3,(H,17,21)(H,18,19)/t14-/m0/s1. The molecule has 1 aromatic carbocycles. The maximum atomic E-state index is 12.1. The van der Waals surface area contributed by atoms with Crippen molar-refractivity contribution in [2.24, 2.45) is 0 Å². The van der Waals surface area contributed by atoms with E-state index >= 15 is 0 Å². The fourth-order valence-electron chi connectivity index (χ4n) is 2.34. The van der Waals surface area contributed by atoms with Crippen LogP contribution in [0.3, 0.4) is 0 Å². The molecule has 1 aromatic heterocycles. The lowest BCUT2D eigenvalue weighted by molar-refractivity contribution is 0.0937. The summed E-state index contributed by atoms with van der Waals surface area (Å²) >= 11 is 0. The Morgan fingerprint density at radius 3 is 2.71 bits per heavy atom. The first-order valence-corrected chi connectivity index (χ1v) is 7.00. The minimum Gasteiger partial charge on any atom is -0.349 e. The molecule has 0 saturated heterocycles. The largest absolute Gasteiger partial charge is 0.349 e. The summed E-state index contributed by atoms with van der Waals surface area (Å²) in [5.74, 6) is -0.145. The molecule has 1 atom stereocenters. The number of aromatic amines is 1. The van der Waals surface area contributed by atoms with E-state index in [9.17, 15) is 4.79 Å². The number of nitrogens with zero attached hydrogens (tertiary/aromatic N) is 2. The Morgan fingerprint density at radius 2 is 2.14 bits per heavy atom. The number of aryl methyl sites for hydroxylation is 2. The summed E-state index contributed by atoms with van der Waals surface area (Å²) in [7, 11) is 4.03. The smallest absolute Gasteiger partial charge is 0.271 e. The van der Waals surface area contributed by atoms with Crippen LogP contribution in [0.5, 0.6) is 0 Å². The van der Waals surface area contributed by atoms with Gasteiger partial charge in [-0.15, -0.1) is 0 Å². The van der Waals surface area contributed by atoms with Gasteiger partial charge in [-0.2, -0.15) is 0 Å². The second-order valence-corrected chi connectivity index (χ2v) is 5.48. The summed E-state index contributed by atoms with van der Waals surface area (Å²) in [5, 5.41) is 2.96. The average molecular weight is 286 g/mol. The molecule has 0 unspecified atom stereocenters. The minimum atomic E-state index is -0.145. The zero-order valence-electron chi connectivity index (χ0n) is 13.0. The summed E-state index contributed by atoms with van der Waals surface area (Å²) in [6.45, 7) is 4.45. The maximum Gasteiger partial charge on any atom is 0.271 e. The van der Waals surface area contributed by atoms with Gasteiger partial charge in [-0.25, -0.2) is 4.98 Å². The number of amides is 1. The van der Waals surface area contributed by atoms with Crippen LogP contribution in [0.25, 0.3) is 0 Å². The van der Waals surface area contributed by atoms with Gasteiger partial charge in [0.2, 0.25) is 0 Å². The number of hydrogen-bond donors (Lipinski definition) is 2. The van der Waals surface area contributed by atoms with Gasteiger partial charge in [-0.05, 0) is 33.5 Å². The number of H-pyrrole nitrogens is 1. The lowest BCUT2D eigenvalue weighted by Crippen LogP contribution is -2.35. The molecule has 112 valence electrons. The maximum absolute atomic E-state index is 12.1. The van der Waals surface area contributed by atoms with E-state index in [4.69, 9.17) is 0 Å². The molecule has 0 saturated carbocycles. The van der Waals surface area contributed by atoms with Crippen LogP contribution in [0.15, 0.2) is 30.6 Å². The van der Waals surface area contributed by atoms with Crippen LogP contribution in [0, 0.1) is 13.8 Å². The molecular formula is C16H22N4O. The number of aromatic nitrogens is 2. The Morgan fingerprint density at radius 1 is 1.38 bits per heavy atom. The van der Waals surface area contributed by atoms with Gasteiger partial charge in [-0.3, -0.25) is 4.79 Å². The normalized spacial score (nSPS) is 12.4. The molecule has 0 aliphatic carbocycles. The van der Waals surface area contributed by atoms with Gasteiger partial charge in [0.15, 0.2) is 0 Å². The highest BCUT2D eigenvalue weighted by Gasteiger charge is 2.17. The molecule has 0 radical (unpaired) electrons. The van der Waals surface area contributed by atoms with E-state index in [1.807, 2.05) is 27.1 Å². The van der Waals surface area contributed by atoms with Crippen molar-refractivity contribution in [3.8, 4) is 0 Å². The van der Waals surface area contributed by atoms with E-state index < -0.39 is 0 Å². The van der Waals surface area contributed by atoms with Crippen molar-refractivity contribution in [2.45, 2.75) is 19.9 Å². The Labute approximate surface area is 125 Å². The molecule has 2 N–H and O–H groups in total. The Balaban J connectivity index is 2.08. The van der Waals surface area contributed by atoms with Gasteiger partial charge in [-0.1, -0.05) is 29.8 Å². The fourth-order valence-corrected chi connectivity index (χ4v) is 2.34. The predicted molar refractivity (Wildman–Crippen MR) is 83.3 cm³/mol.